The average Bonchev–Trinajstić information content (AvgIpc) is 2.54. The monoisotopic (exact) mass is 285 g/mol. The Morgan fingerprint density at radius 1 is 1.10 bits per heavy atom. The Hall–Kier alpha value is -1.61. The molecule has 0 saturated heterocycles. The summed E-state index contributed by atoms with van der Waals surface area (Å²) in [4.78, 5) is 7.16. The number of anilines is 1. The Balaban J connectivity index is 2.41. The zero-order chi connectivity index (χ0) is 15.1. The molecule has 114 valence electrons. The highest BCUT2D eigenvalue weighted by Crippen LogP contribution is 2.27. The van der Waals surface area contributed by atoms with Crippen LogP contribution in [0.2, 0.25) is 0 Å². The summed E-state index contributed by atoms with van der Waals surface area (Å²) in [6, 6.07) is 8.63. The molecule has 3 heteroatoms. The van der Waals surface area contributed by atoms with E-state index in [1.54, 1.807) is 0 Å². The van der Waals surface area contributed by atoms with Crippen molar-refractivity contribution in [2.45, 2.75) is 40.2 Å². The fraction of sp³-hybridized carbons (Fsp3) is 0.500. The van der Waals surface area contributed by atoms with Gasteiger partial charge >= 0.3 is 0 Å². The minimum Gasteiger partial charge on any atom is -0.356 e. The van der Waals surface area contributed by atoms with Crippen LogP contribution < -0.4 is 10.2 Å². The van der Waals surface area contributed by atoms with E-state index in [1.807, 2.05) is 6.20 Å². The average molecular weight is 285 g/mol. The van der Waals surface area contributed by atoms with E-state index in [-0.39, 0.29) is 0 Å². The third-order valence-corrected chi connectivity index (χ3v) is 3.88. The van der Waals surface area contributed by atoms with Crippen molar-refractivity contribution in [2.75, 3.05) is 24.5 Å². The largest absolute Gasteiger partial charge is 0.356 e. The van der Waals surface area contributed by atoms with E-state index in [0.717, 1.165) is 32.0 Å². The predicted molar refractivity (Wildman–Crippen MR) is 91.9 cm³/mol. The molecule has 0 amide bonds. The van der Waals surface area contributed by atoms with Crippen molar-refractivity contribution in [2.24, 2.45) is 0 Å². The first-order valence-corrected chi connectivity index (χ1v) is 8.14. The Labute approximate surface area is 128 Å². The molecule has 2 aromatic rings. The zero-order valence-corrected chi connectivity index (χ0v) is 13.5. The number of benzene rings is 1. The molecule has 0 aliphatic rings. The normalized spacial score (nSPS) is 11.0. The summed E-state index contributed by atoms with van der Waals surface area (Å²) in [5, 5.41) is 5.99. The standard InChI is InChI=1S/C18H27N3/c1-4-7-12-21(6-3)18-17-11-9-8-10-16(17)15(14-20-18)13-19-5-2/h8-11,14,19H,4-7,12-13H2,1-3H3. The van der Waals surface area contributed by atoms with Gasteiger partial charge in [0.15, 0.2) is 0 Å². The molecule has 1 heterocycles. The summed E-state index contributed by atoms with van der Waals surface area (Å²) >= 11 is 0. The lowest BCUT2D eigenvalue weighted by molar-refractivity contribution is 0.719. The molecule has 0 unspecified atom stereocenters. The molecule has 0 fully saturated rings. The van der Waals surface area contributed by atoms with Crippen LogP contribution in [-0.4, -0.2) is 24.6 Å². The van der Waals surface area contributed by atoms with Gasteiger partial charge in [0.1, 0.15) is 5.82 Å². The summed E-state index contributed by atoms with van der Waals surface area (Å²) in [5.74, 6) is 1.13. The van der Waals surface area contributed by atoms with Gasteiger partial charge in [0, 0.05) is 31.2 Å². The summed E-state index contributed by atoms with van der Waals surface area (Å²) in [6.45, 7) is 10.5. The maximum absolute atomic E-state index is 4.77. The summed E-state index contributed by atoms with van der Waals surface area (Å²) < 4.78 is 0. The first-order valence-electron chi connectivity index (χ1n) is 8.14. The number of nitrogens with zero attached hydrogens (tertiary/aromatic N) is 2. The van der Waals surface area contributed by atoms with Crippen LogP contribution in [0.25, 0.3) is 10.8 Å². The van der Waals surface area contributed by atoms with Crippen molar-refractivity contribution < 1.29 is 0 Å². The molecule has 1 aromatic carbocycles. The van der Waals surface area contributed by atoms with Crippen molar-refractivity contribution in [3.8, 4) is 0 Å². The maximum atomic E-state index is 4.77. The first kappa shape index (κ1) is 15.8. The number of aromatic nitrogens is 1. The molecule has 2 rings (SSSR count). The van der Waals surface area contributed by atoms with Gasteiger partial charge in [-0.3, -0.25) is 0 Å². The molecule has 1 N–H and O–H groups in total. The zero-order valence-electron chi connectivity index (χ0n) is 13.5. The summed E-state index contributed by atoms with van der Waals surface area (Å²) in [7, 11) is 0. The molecule has 0 bridgehead atoms. The third-order valence-electron chi connectivity index (χ3n) is 3.88. The van der Waals surface area contributed by atoms with Gasteiger partial charge in [-0.05, 0) is 30.8 Å². The second kappa shape index (κ2) is 7.99. The molecule has 21 heavy (non-hydrogen) atoms. The molecular formula is C18H27N3. The lowest BCUT2D eigenvalue weighted by Gasteiger charge is -2.24. The van der Waals surface area contributed by atoms with Crippen LogP contribution in [0.5, 0.6) is 0 Å². The van der Waals surface area contributed by atoms with Gasteiger partial charge < -0.3 is 10.2 Å². The van der Waals surface area contributed by atoms with Crippen LogP contribution in [0.3, 0.4) is 0 Å². The van der Waals surface area contributed by atoms with Crippen LogP contribution >= 0.6 is 0 Å². The van der Waals surface area contributed by atoms with Crippen LogP contribution in [-0.2, 0) is 6.54 Å². The Morgan fingerprint density at radius 2 is 1.86 bits per heavy atom. The topological polar surface area (TPSA) is 28.2 Å². The van der Waals surface area contributed by atoms with Crippen molar-refractivity contribution in [1.82, 2.24) is 10.3 Å². The number of hydrogen-bond acceptors (Lipinski definition) is 3. The number of rotatable bonds is 8. The van der Waals surface area contributed by atoms with E-state index < -0.39 is 0 Å². The lowest BCUT2D eigenvalue weighted by Crippen LogP contribution is -2.25. The van der Waals surface area contributed by atoms with E-state index >= 15 is 0 Å². The minimum atomic E-state index is 0.880. The Kier molecular flexibility index (Phi) is 6.00. The van der Waals surface area contributed by atoms with Crippen molar-refractivity contribution in [1.29, 1.82) is 0 Å². The maximum Gasteiger partial charge on any atom is 0.136 e. The lowest BCUT2D eigenvalue weighted by atomic mass is 10.1. The van der Waals surface area contributed by atoms with Crippen molar-refractivity contribution in [3.05, 3.63) is 36.0 Å². The SMILES string of the molecule is CCCCN(CC)c1ncc(CNCC)c2ccccc12. The number of nitrogens with one attached hydrogen (secondary N) is 1. The van der Waals surface area contributed by atoms with Gasteiger partial charge in [0.25, 0.3) is 0 Å². The number of hydrogen-bond donors (Lipinski definition) is 1. The minimum absolute atomic E-state index is 0.880. The van der Waals surface area contributed by atoms with Gasteiger partial charge in [0.2, 0.25) is 0 Å². The fourth-order valence-corrected chi connectivity index (χ4v) is 2.65. The third kappa shape index (κ3) is 3.73. The van der Waals surface area contributed by atoms with Gasteiger partial charge in [0.05, 0.1) is 0 Å². The molecule has 0 aliphatic heterocycles. The second-order valence-corrected chi connectivity index (χ2v) is 5.37. The number of unbranched alkanes of at least 4 members (excludes halogenated alkanes) is 1. The molecule has 3 nitrogen and oxygen atoms in total. The smallest absolute Gasteiger partial charge is 0.136 e. The fourth-order valence-electron chi connectivity index (χ4n) is 2.65. The molecule has 0 saturated carbocycles. The Morgan fingerprint density at radius 3 is 2.52 bits per heavy atom. The highest BCUT2D eigenvalue weighted by atomic mass is 15.2. The summed E-state index contributed by atoms with van der Waals surface area (Å²) in [5.41, 5.74) is 1.28. The van der Waals surface area contributed by atoms with Crippen molar-refractivity contribution >= 4 is 16.6 Å². The molecule has 0 radical (unpaired) electrons. The highest BCUT2D eigenvalue weighted by molar-refractivity contribution is 5.94. The van der Waals surface area contributed by atoms with E-state index in [0.29, 0.717) is 0 Å². The van der Waals surface area contributed by atoms with E-state index in [9.17, 15) is 0 Å². The number of fused-ring (bicyclic) bond motifs is 1. The van der Waals surface area contributed by atoms with Gasteiger partial charge in [-0.25, -0.2) is 4.98 Å². The highest BCUT2D eigenvalue weighted by Gasteiger charge is 2.12. The molecule has 0 atom stereocenters. The van der Waals surface area contributed by atoms with Crippen LogP contribution in [0.15, 0.2) is 30.5 Å². The molecule has 1 aromatic heterocycles. The van der Waals surface area contributed by atoms with Crippen LogP contribution in [0, 0.1) is 0 Å². The number of pyridine rings is 1. The summed E-state index contributed by atoms with van der Waals surface area (Å²) in [6.07, 6.45) is 4.46. The van der Waals surface area contributed by atoms with Crippen molar-refractivity contribution in [3.63, 3.8) is 0 Å². The first-order chi connectivity index (χ1) is 10.3. The predicted octanol–water partition coefficient (Wildman–Crippen LogP) is 3.97. The van der Waals surface area contributed by atoms with E-state index in [1.165, 1.54) is 29.2 Å². The Bertz CT molecular complexity index is 565. The van der Waals surface area contributed by atoms with Crippen LogP contribution in [0.1, 0.15) is 39.2 Å². The van der Waals surface area contributed by atoms with Gasteiger partial charge in [-0.1, -0.05) is 44.5 Å². The molecular weight excluding hydrogens is 258 g/mol. The van der Waals surface area contributed by atoms with Gasteiger partial charge in [-0.15, -0.1) is 0 Å². The van der Waals surface area contributed by atoms with E-state index in [2.05, 4.69) is 55.3 Å². The molecule has 0 aliphatic carbocycles. The second-order valence-electron chi connectivity index (χ2n) is 5.37. The van der Waals surface area contributed by atoms with Crippen LogP contribution in [0.4, 0.5) is 5.82 Å². The molecule has 0 spiro atoms. The van der Waals surface area contributed by atoms with Gasteiger partial charge in [-0.2, -0.15) is 0 Å². The van der Waals surface area contributed by atoms with E-state index in [4.69, 9.17) is 4.98 Å². The quantitative estimate of drug-likeness (QED) is 0.795.